The Hall–Kier alpha value is -2.14. The molecule has 126 valence electrons. The van der Waals surface area contributed by atoms with Crippen molar-refractivity contribution in [3.8, 4) is 0 Å². The quantitative estimate of drug-likeness (QED) is 0.876. The third-order valence-electron chi connectivity index (χ3n) is 4.30. The predicted molar refractivity (Wildman–Crippen MR) is 96.1 cm³/mol. The first-order chi connectivity index (χ1) is 11.7. The Kier molecular flexibility index (Phi) is 5.64. The number of rotatable bonds is 6. The first-order valence-corrected chi connectivity index (χ1v) is 9.32. The number of carbonyl (C=O) groups is 2. The summed E-state index contributed by atoms with van der Waals surface area (Å²) in [5.41, 5.74) is 2.95. The molecule has 2 aromatic rings. The molecule has 0 aliphatic carbocycles. The average Bonchev–Trinajstić information content (AvgIpc) is 3.31. The van der Waals surface area contributed by atoms with Gasteiger partial charge < -0.3 is 10.2 Å². The van der Waals surface area contributed by atoms with Crippen molar-refractivity contribution in [3.63, 3.8) is 0 Å². The fourth-order valence-corrected chi connectivity index (χ4v) is 3.55. The molecule has 3 rings (SSSR count). The van der Waals surface area contributed by atoms with Crippen LogP contribution in [0.5, 0.6) is 0 Å². The minimum absolute atomic E-state index is 0.0541. The molecule has 0 atom stereocenters. The van der Waals surface area contributed by atoms with Crippen LogP contribution in [0.1, 0.15) is 40.7 Å². The molecule has 1 fully saturated rings. The van der Waals surface area contributed by atoms with Crippen LogP contribution < -0.4 is 5.32 Å². The summed E-state index contributed by atoms with van der Waals surface area (Å²) in [4.78, 5) is 26.1. The van der Waals surface area contributed by atoms with Crippen LogP contribution in [0.25, 0.3) is 0 Å². The standard InChI is InChI=1S/C19H22N2O2S/c22-18(8-5-16-9-12-24-14-16)20-13-15-3-6-17(7-4-15)19(23)21-10-1-2-11-21/h3-4,6-7,9,12,14H,1-2,5,8,10-11,13H2,(H,20,22). The first-order valence-electron chi connectivity index (χ1n) is 8.38. The van der Waals surface area contributed by atoms with Gasteiger partial charge in [0.2, 0.25) is 5.91 Å². The van der Waals surface area contributed by atoms with E-state index in [-0.39, 0.29) is 11.8 Å². The second kappa shape index (κ2) is 8.11. The lowest BCUT2D eigenvalue weighted by Gasteiger charge is -2.15. The number of amides is 2. The van der Waals surface area contributed by atoms with Crippen LogP contribution in [0, 0.1) is 0 Å². The van der Waals surface area contributed by atoms with Crippen molar-refractivity contribution in [3.05, 3.63) is 57.8 Å². The lowest BCUT2D eigenvalue weighted by molar-refractivity contribution is -0.121. The van der Waals surface area contributed by atoms with Gasteiger partial charge in [0.1, 0.15) is 0 Å². The lowest BCUT2D eigenvalue weighted by atomic mass is 10.1. The number of thiophene rings is 1. The molecule has 0 saturated carbocycles. The molecule has 1 aliphatic heterocycles. The molecule has 5 heteroatoms. The topological polar surface area (TPSA) is 49.4 Å². The summed E-state index contributed by atoms with van der Waals surface area (Å²) >= 11 is 1.65. The van der Waals surface area contributed by atoms with Crippen LogP contribution in [0.3, 0.4) is 0 Å². The molecule has 0 unspecified atom stereocenters. The number of aryl methyl sites for hydroxylation is 1. The second-order valence-electron chi connectivity index (χ2n) is 6.10. The summed E-state index contributed by atoms with van der Waals surface area (Å²) in [6, 6.07) is 9.60. The molecule has 0 radical (unpaired) electrons. The minimum atomic E-state index is 0.0541. The van der Waals surface area contributed by atoms with E-state index in [1.807, 2.05) is 40.6 Å². The molecule has 1 aromatic heterocycles. The zero-order chi connectivity index (χ0) is 16.8. The van der Waals surface area contributed by atoms with Gasteiger partial charge in [0.25, 0.3) is 5.91 Å². The van der Waals surface area contributed by atoms with Crippen molar-refractivity contribution in [2.75, 3.05) is 13.1 Å². The molecule has 1 aliphatic rings. The van der Waals surface area contributed by atoms with Gasteiger partial charge in [-0.2, -0.15) is 11.3 Å². The zero-order valence-corrected chi connectivity index (χ0v) is 14.5. The van der Waals surface area contributed by atoms with Crippen molar-refractivity contribution in [2.24, 2.45) is 0 Å². The molecular weight excluding hydrogens is 320 g/mol. The molecule has 2 amide bonds. The third kappa shape index (κ3) is 4.45. The van der Waals surface area contributed by atoms with E-state index < -0.39 is 0 Å². The monoisotopic (exact) mass is 342 g/mol. The number of benzene rings is 1. The average molecular weight is 342 g/mol. The summed E-state index contributed by atoms with van der Waals surface area (Å²) in [6.45, 7) is 2.22. The zero-order valence-electron chi connectivity index (χ0n) is 13.7. The van der Waals surface area contributed by atoms with Crippen molar-refractivity contribution in [1.82, 2.24) is 10.2 Å². The fourth-order valence-electron chi connectivity index (χ4n) is 2.85. The van der Waals surface area contributed by atoms with Gasteiger partial charge in [-0.1, -0.05) is 12.1 Å². The summed E-state index contributed by atoms with van der Waals surface area (Å²) in [5.74, 6) is 0.164. The van der Waals surface area contributed by atoms with Crippen LogP contribution in [0.4, 0.5) is 0 Å². The Morgan fingerprint density at radius 1 is 1.04 bits per heavy atom. The Bertz CT molecular complexity index is 674. The van der Waals surface area contributed by atoms with Gasteiger partial charge in [-0.05, 0) is 59.3 Å². The van der Waals surface area contributed by atoms with Crippen LogP contribution >= 0.6 is 11.3 Å². The predicted octanol–water partition coefficient (Wildman–Crippen LogP) is 3.23. The van der Waals surface area contributed by atoms with E-state index in [1.54, 1.807) is 11.3 Å². The van der Waals surface area contributed by atoms with Crippen LogP contribution in [0.2, 0.25) is 0 Å². The number of nitrogens with zero attached hydrogens (tertiary/aromatic N) is 1. The van der Waals surface area contributed by atoms with E-state index in [0.717, 1.165) is 43.5 Å². The normalized spacial score (nSPS) is 13.9. The van der Waals surface area contributed by atoms with Crippen molar-refractivity contribution < 1.29 is 9.59 Å². The van der Waals surface area contributed by atoms with E-state index in [1.165, 1.54) is 5.56 Å². The minimum Gasteiger partial charge on any atom is -0.352 e. The molecule has 2 heterocycles. The molecule has 4 nitrogen and oxygen atoms in total. The Labute approximate surface area is 146 Å². The van der Waals surface area contributed by atoms with E-state index in [4.69, 9.17) is 0 Å². The van der Waals surface area contributed by atoms with E-state index in [9.17, 15) is 9.59 Å². The van der Waals surface area contributed by atoms with Gasteiger partial charge >= 0.3 is 0 Å². The maximum atomic E-state index is 12.3. The number of likely N-dealkylation sites (tertiary alicyclic amines) is 1. The maximum absolute atomic E-state index is 12.3. The summed E-state index contributed by atoms with van der Waals surface area (Å²) in [7, 11) is 0. The highest BCUT2D eigenvalue weighted by atomic mass is 32.1. The second-order valence-corrected chi connectivity index (χ2v) is 6.88. The smallest absolute Gasteiger partial charge is 0.253 e. The van der Waals surface area contributed by atoms with Crippen molar-refractivity contribution in [1.29, 1.82) is 0 Å². The van der Waals surface area contributed by atoms with Crippen LogP contribution in [0.15, 0.2) is 41.1 Å². The van der Waals surface area contributed by atoms with Gasteiger partial charge in [-0.25, -0.2) is 0 Å². The SMILES string of the molecule is O=C(CCc1ccsc1)NCc1ccc(C(=O)N2CCCC2)cc1. The van der Waals surface area contributed by atoms with E-state index in [2.05, 4.69) is 10.7 Å². The van der Waals surface area contributed by atoms with Gasteiger partial charge in [-0.15, -0.1) is 0 Å². The van der Waals surface area contributed by atoms with E-state index in [0.29, 0.717) is 13.0 Å². The molecule has 24 heavy (non-hydrogen) atoms. The summed E-state index contributed by atoms with van der Waals surface area (Å²) in [5, 5.41) is 7.03. The largest absolute Gasteiger partial charge is 0.352 e. The lowest BCUT2D eigenvalue weighted by Crippen LogP contribution is -2.27. The van der Waals surface area contributed by atoms with Crippen LogP contribution in [-0.2, 0) is 17.8 Å². The highest BCUT2D eigenvalue weighted by Gasteiger charge is 2.19. The Morgan fingerprint density at radius 3 is 2.46 bits per heavy atom. The Morgan fingerprint density at radius 2 is 1.79 bits per heavy atom. The number of hydrogen-bond acceptors (Lipinski definition) is 3. The summed E-state index contributed by atoms with van der Waals surface area (Å²) in [6.07, 6.45) is 3.48. The molecule has 1 aromatic carbocycles. The highest BCUT2D eigenvalue weighted by molar-refractivity contribution is 7.07. The third-order valence-corrected chi connectivity index (χ3v) is 5.04. The van der Waals surface area contributed by atoms with Crippen molar-refractivity contribution in [2.45, 2.75) is 32.2 Å². The van der Waals surface area contributed by atoms with Crippen molar-refractivity contribution >= 4 is 23.2 Å². The molecule has 0 bridgehead atoms. The number of carbonyl (C=O) groups excluding carboxylic acids is 2. The highest BCUT2D eigenvalue weighted by Crippen LogP contribution is 2.14. The van der Waals surface area contributed by atoms with Gasteiger partial charge in [0.05, 0.1) is 0 Å². The van der Waals surface area contributed by atoms with Gasteiger partial charge in [0, 0.05) is 31.6 Å². The molecule has 1 saturated heterocycles. The van der Waals surface area contributed by atoms with E-state index >= 15 is 0 Å². The summed E-state index contributed by atoms with van der Waals surface area (Å²) < 4.78 is 0. The molecule has 1 N–H and O–H groups in total. The first kappa shape index (κ1) is 16.7. The molecule has 0 spiro atoms. The van der Waals surface area contributed by atoms with Gasteiger partial charge in [0.15, 0.2) is 0 Å². The Balaban J connectivity index is 1.45. The van der Waals surface area contributed by atoms with Gasteiger partial charge in [-0.3, -0.25) is 9.59 Å². The fraction of sp³-hybridized carbons (Fsp3) is 0.368. The number of hydrogen-bond donors (Lipinski definition) is 1. The molecular formula is C19H22N2O2S. The maximum Gasteiger partial charge on any atom is 0.253 e. The number of nitrogens with one attached hydrogen (secondary N) is 1. The van der Waals surface area contributed by atoms with Crippen LogP contribution in [-0.4, -0.2) is 29.8 Å².